The number of hydrogen-bond acceptors (Lipinski definition) is 5. The molecule has 0 aromatic carbocycles. The third-order valence-corrected chi connectivity index (χ3v) is 4.92. The monoisotopic (exact) mass is 282 g/mol. The molecule has 9 heteroatoms. The minimum Gasteiger partial charge on any atom is -0.321 e. The predicted molar refractivity (Wildman–Crippen MR) is 61.6 cm³/mol. The van der Waals surface area contributed by atoms with Crippen molar-refractivity contribution in [1.82, 2.24) is 4.98 Å². The highest BCUT2D eigenvalue weighted by Crippen LogP contribution is 2.47. The summed E-state index contributed by atoms with van der Waals surface area (Å²) >= 11 is 4.02. The molecule has 1 heterocycles. The van der Waals surface area contributed by atoms with E-state index in [4.69, 9.17) is 14.3 Å². The van der Waals surface area contributed by atoms with E-state index in [-0.39, 0.29) is 0 Å². The maximum atomic E-state index is 11.2. The molecule has 2 unspecified atom stereocenters. The molecule has 0 amide bonds. The Bertz CT molecular complexity index is 408. The Kier molecular flexibility index (Phi) is 5.05. The summed E-state index contributed by atoms with van der Waals surface area (Å²) < 4.78 is 26.6. The van der Waals surface area contributed by atoms with E-state index in [2.05, 4.69) is 17.6 Å². The molecule has 88 valence electrons. The molecule has 1 rings (SSSR count). The second-order valence-electron chi connectivity index (χ2n) is 2.88. The molecular weight excluding hydrogens is 272 g/mol. The van der Waals surface area contributed by atoms with Gasteiger partial charge in [0.2, 0.25) is 0 Å². The van der Waals surface area contributed by atoms with E-state index >= 15 is 0 Å². The predicted octanol–water partition coefficient (Wildman–Crippen LogP) is 1.90. The molecule has 0 bridgehead atoms. The third kappa shape index (κ3) is 5.16. The molecule has 2 N–H and O–H groups in total. The third-order valence-electron chi connectivity index (χ3n) is 1.51. The van der Waals surface area contributed by atoms with Gasteiger partial charge in [-0.05, 0) is 22.3 Å². The molecular formula is C7H10NO5P2S+. The molecule has 6 nitrogen and oxygen atoms in total. The minimum atomic E-state index is -4.32. The molecule has 0 spiro atoms. The average molecular weight is 282 g/mol. The van der Waals surface area contributed by atoms with Crippen molar-refractivity contribution in [2.24, 2.45) is 0 Å². The number of aromatic nitrogens is 1. The fraction of sp³-hybridized carbons (Fsp3) is 0.286. The highest BCUT2D eigenvalue weighted by molar-refractivity contribution is 7.80. The van der Waals surface area contributed by atoms with Gasteiger partial charge in [0.05, 0.1) is 0 Å². The van der Waals surface area contributed by atoms with Crippen LogP contribution in [0.4, 0.5) is 0 Å². The number of rotatable bonds is 5. The summed E-state index contributed by atoms with van der Waals surface area (Å²) in [6, 6.07) is 3.22. The van der Waals surface area contributed by atoms with E-state index in [0.717, 1.165) is 0 Å². The molecule has 0 saturated heterocycles. The van der Waals surface area contributed by atoms with Crippen molar-refractivity contribution in [2.75, 3.05) is 5.90 Å². The van der Waals surface area contributed by atoms with E-state index in [0.29, 0.717) is 5.56 Å². The van der Waals surface area contributed by atoms with Crippen LogP contribution in [0.15, 0.2) is 24.5 Å². The molecule has 0 fully saturated rings. The molecule has 1 aromatic rings. The van der Waals surface area contributed by atoms with Gasteiger partial charge in [0.1, 0.15) is 0 Å². The van der Waals surface area contributed by atoms with Gasteiger partial charge in [-0.25, -0.2) is 0 Å². The number of thiol groups is 1. The lowest BCUT2D eigenvalue weighted by Gasteiger charge is -2.03. The number of pyridine rings is 1. The van der Waals surface area contributed by atoms with E-state index in [1.807, 2.05) is 0 Å². The Balaban J connectivity index is 2.56. The van der Waals surface area contributed by atoms with Crippen LogP contribution in [0.3, 0.4) is 0 Å². The Morgan fingerprint density at radius 3 is 2.56 bits per heavy atom. The van der Waals surface area contributed by atoms with Gasteiger partial charge in [-0.2, -0.15) is 0 Å². The first kappa shape index (κ1) is 13.8. The molecule has 1 aromatic heterocycles. The zero-order valence-corrected chi connectivity index (χ0v) is 10.7. The summed E-state index contributed by atoms with van der Waals surface area (Å²) in [5.41, 5.74) is -0.175. The van der Waals surface area contributed by atoms with Crippen LogP contribution < -0.4 is 0 Å². The van der Waals surface area contributed by atoms with E-state index in [1.54, 1.807) is 12.1 Å². The van der Waals surface area contributed by atoms with Crippen molar-refractivity contribution in [3.05, 3.63) is 30.1 Å². The van der Waals surface area contributed by atoms with Crippen LogP contribution in [0, 0.1) is 0 Å². The fourth-order valence-electron chi connectivity index (χ4n) is 0.884. The maximum Gasteiger partial charge on any atom is 0.522 e. The smallest absolute Gasteiger partial charge is 0.321 e. The molecule has 0 saturated carbocycles. The van der Waals surface area contributed by atoms with Gasteiger partial charge in [0.15, 0.2) is 5.44 Å². The minimum absolute atomic E-state index is 0.618. The largest absolute Gasteiger partial charge is 0.522 e. The first-order valence-corrected chi connectivity index (χ1v) is 7.80. The fourth-order valence-corrected chi connectivity index (χ4v) is 3.19. The Morgan fingerprint density at radius 1 is 1.50 bits per heavy atom. The van der Waals surface area contributed by atoms with Crippen molar-refractivity contribution in [2.45, 2.75) is 5.44 Å². The standard InChI is InChI=1S/C7H9NO5P2S/c9-14(5-15(10,11)12)13-7(16)6-1-3-8-4-2-6/h1-4,7H,5H2,(H2-,10,11,12,16)/p+1. The summed E-state index contributed by atoms with van der Waals surface area (Å²) in [5, 5.41) is 0. The zero-order chi connectivity index (χ0) is 12.2. The summed E-state index contributed by atoms with van der Waals surface area (Å²) in [7, 11) is -6.77. The van der Waals surface area contributed by atoms with Crippen molar-refractivity contribution >= 4 is 28.3 Å². The first-order chi connectivity index (χ1) is 7.38. The molecule has 0 aliphatic heterocycles. The van der Waals surface area contributed by atoms with Crippen molar-refractivity contribution in [3.8, 4) is 0 Å². The van der Waals surface area contributed by atoms with E-state index in [9.17, 15) is 9.13 Å². The average Bonchev–Trinajstić information content (AvgIpc) is 2.16. The summed E-state index contributed by atoms with van der Waals surface area (Å²) in [4.78, 5) is 20.9. The lowest BCUT2D eigenvalue weighted by molar-refractivity contribution is 0.309. The van der Waals surface area contributed by atoms with Gasteiger partial charge < -0.3 is 9.79 Å². The Labute approximate surface area is 98.5 Å². The second kappa shape index (κ2) is 5.87. The van der Waals surface area contributed by atoms with Crippen LogP contribution in [-0.2, 0) is 13.7 Å². The molecule has 2 atom stereocenters. The number of nitrogens with zero attached hydrogens (tertiary/aromatic N) is 1. The highest BCUT2D eigenvalue weighted by Gasteiger charge is 2.33. The first-order valence-electron chi connectivity index (χ1n) is 4.12. The Hall–Kier alpha value is -0.290. The lowest BCUT2D eigenvalue weighted by atomic mass is 10.3. The van der Waals surface area contributed by atoms with Crippen LogP contribution in [0.5, 0.6) is 0 Å². The quantitative estimate of drug-likeness (QED) is 0.433. The molecule has 0 radical (unpaired) electrons. The summed E-state index contributed by atoms with van der Waals surface area (Å²) in [6.07, 6.45) is 3.02. The SMILES string of the molecule is O=[P+](CP(=O)(O)O)OC(S)c1ccncc1. The van der Waals surface area contributed by atoms with Gasteiger partial charge >= 0.3 is 15.6 Å². The molecule has 0 aliphatic carbocycles. The van der Waals surface area contributed by atoms with Gasteiger partial charge in [0, 0.05) is 12.4 Å². The van der Waals surface area contributed by atoms with E-state index in [1.165, 1.54) is 12.4 Å². The molecule has 16 heavy (non-hydrogen) atoms. The maximum absolute atomic E-state index is 11.2. The molecule has 0 aliphatic rings. The van der Waals surface area contributed by atoms with Gasteiger partial charge in [-0.3, -0.25) is 9.55 Å². The van der Waals surface area contributed by atoms with Gasteiger partial charge in [-0.15, -0.1) is 17.2 Å². The van der Waals surface area contributed by atoms with Crippen molar-refractivity contribution in [1.29, 1.82) is 0 Å². The van der Waals surface area contributed by atoms with E-state index < -0.39 is 27.0 Å². The van der Waals surface area contributed by atoms with Crippen molar-refractivity contribution in [3.63, 3.8) is 0 Å². The Morgan fingerprint density at radius 2 is 2.06 bits per heavy atom. The number of hydrogen-bond donors (Lipinski definition) is 3. The normalized spacial score (nSPS) is 14.6. The van der Waals surface area contributed by atoms with Crippen LogP contribution in [0.1, 0.15) is 11.0 Å². The van der Waals surface area contributed by atoms with Crippen molar-refractivity contribution < 1.29 is 23.4 Å². The summed E-state index contributed by atoms with van der Waals surface area (Å²) in [5.74, 6) is -0.801. The second-order valence-corrected chi connectivity index (χ2v) is 6.68. The topological polar surface area (TPSA) is 96.7 Å². The highest BCUT2D eigenvalue weighted by atomic mass is 32.1. The van der Waals surface area contributed by atoms with Gasteiger partial charge in [0.25, 0.3) is 5.90 Å². The van der Waals surface area contributed by atoms with Crippen LogP contribution in [0.25, 0.3) is 0 Å². The van der Waals surface area contributed by atoms with Gasteiger partial charge in [-0.1, -0.05) is 0 Å². The van der Waals surface area contributed by atoms with Crippen LogP contribution >= 0.6 is 28.3 Å². The lowest BCUT2D eigenvalue weighted by Crippen LogP contribution is -1.93. The van der Waals surface area contributed by atoms with Crippen LogP contribution in [-0.4, -0.2) is 20.7 Å². The van der Waals surface area contributed by atoms with Crippen LogP contribution in [0.2, 0.25) is 0 Å². The summed E-state index contributed by atoms with van der Waals surface area (Å²) in [6.45, 7) is 0. The zero-order valence-electron chi connectivity index (χ0n) is 8.00.